The largest absolute Gasteiger partial charge is 0.340 e. The highest BCUT2D eigenvalue weighted by Gasteiger charge is 2.44. The van der Waals surface area contributed by atoms with Gasteiger partial charge in [-0.1, -0.05) is 13.8 Å². The first-order valence-electron chi connectivity index (χ1n) is 6.51. The molecule has 1 fully saturated rings. The SMILES string of the molecule is CCC1(CC)NC(=O)CN(c2ccc(Br)c(F)c2)C1=O. The number of nitrogens with zero attached hydrogens (tertiary/aromatic N) is 1. The summed E-state index contributed by atoms with van der Waals surface area (Å²) < 4.78 is 14.0. The molecule has 0 unspecified atom stereocenters. The molecule has 0 aromatic heterocycles. The topological polar surface area (TPSA) is 49.4 Å². The van der Waals surface area contributed by atoms with E-state index < -0.39 is 11.4 Å². The van der Waals surface area contributed by atoms with Crippen LogP contribution in [-0.2, 0) is 9.59 Å². The summed E-state index contributed by atoms with van der Waals surface area (Å²) in [5, 5.41) is 2.77. The van der Waals surface area contributed by atoms with Crippen LogP contribution < -0.4 is 10.2 Å². The molecule has 1 N–H and O–H groups in total. The fourth-order valence-electron chi connectivity index (χ4n) is 2.42. The summed E-state index contributed by atoms with van der Waals surface area (Å²) in [6.07, 6.45) is 1.01. The highest BCUT2D eigenvalue weighted by Crippen LogP contribution is 2.28. The number of benzene rings is 1. The fourth-order valence-corrected chi connectivity index (χ4v) is 2.67. The molecular weight excluding hydrogens is 327 g/mol. The van der Waals surface area contributed by atoms with Gasteiger partial charge in [0.25, 0.3) is 5.91 Å². The number of nitrogens with one attached hydrogen (secondary N) is 1. The van der Waals surface area contributed by atoms with E-state index in [1.54, 1.807) is 6.07 Å². The van der Waals surface area contributed by atoms with Crippen LogP contribution in [0.4, 0.5) is 10.1 Å². The molecule has 2 rings (SSSR count). The minimum absolute atomic E-state index is 0.0817. The zero-order valence-corrected chi connectivity index (χ0v) is 13.0. The van der Waals surface area contributed by atoms with E-state index in [9.17, 15) is 14.0 Å². The van der Waals surface area contributed by atoms with Crippen molar-refractivity contribution < 1.29 is 14.0 Å². The normalized spacial score (nSPS) is 18.1. The van der Waals surface area contributed by atoms with Gasteiger partial charge in [-0.15, -0.1) is 0 Å². The first-order chi connectivity index (χ1) is 9.43. The second-order valence-electron chi connectivity index (χ2n) is 4.83. The molecule has 0 atom stereocenters. The van der Waals surface area contributed by atoms with Crippen LogP contribution in [0.3, 0.4) is 0 Å². The molecule has 1 saturated heterocycles. The second kappa shape index (κ2) is 5.52. The van der Waals surface area contributed by atoms with Crippen molar-refractivity contribution in [3.05, 3.63) is 28.5 Å². The van der Waals surface area contributed by atoms with E-state index in [-0.39, 0.29) is 18.4 Å². The van der Waals surface area contributed by atoms with Crippen molar-refractivity contribution in [2.75, 3.05) is 11.4 Å². The number of hydrogen-bond donors (Lipinski definition) is 1. The van der Waals surface area contributed by atoms with Gasteiger partial charge in [-0.25, -0.2) is 4.39 Å². The molecule has 108 valence electrons. The summed E-state index contributed by atoms with van der Waals surface area (Å²) in [5.41, 5.74) is -0.490. The standard InChI is InChI=1S/C14H16BrFN2O2/c1-3-14(4-2)13(20)18(8-12(19)17-14)9-5-6-10(15)11(16)7-9/h5-7H,3-4,8H2,1-2H3,(H,17,19). The molecule has 1 aromatic carbocycles. The Hall–Kier alpha value is -1.43. The summed E-state index contributed by atoms with van der Waals surface area (Å²) in [7, 11) is 0. The molecule has 6 heteroatoms. The van der Waals surface area contributed by atoms with Gasteiger partial charge in [-0.2, -0.15) is 0 Å². The van der Waals surface area contributed by atoms with Gasteiger partial charge in [0.1, 0.15) is 17.9 Å². The van der Waals surface area contributed by atoms with Crippen molar-refractivity contribution in [2.24, 2.45) is 0 Å². The van der Waals surface area contributed by atoms with Crippen LogP contribution in [0, 0.1) is 5.82 Å². The average Bonchev–Trinajstić information content (AvgIpc) is 2.44. The van der Waals surface area contributed by atoms with Crippen molar-refractivity contribution in [1.29, 1.82) is 0 Å². The Morgan fingerprint density at radius 3 is 2.55 bits per heavy atom. The van der Waals surface area contributed by atoms with Crippen molar-refractivity contribution in [2.45, 2.75) is 32.2 Å². The quantitative estimate of drug-likeness (QED) is 0.917. The van der Waals surface area contributed by atoms with Gasteiger partial charge in [-0.05, 0) is 47.0 Å². The maximum atomic E-state index is 13.6. The monoisotopic (exact) mass is 342 g/mol. The molecule has 1 aromatic rings. The van der Waals surface area contributed by atoms with E-state index in [1.807, 2.05) is 13.8 Å². The smallest absolute Gasteiger partial charge is 0.253 e. The molecule has 1 aliphatic heterocycles. The predicted octanol–water partition coefficient (Wildman–Crippen LogP) is 2.61. The van der Waals surface area contributed by atoms with E-state index in [2.05, 4.69) is 21.2 Å². The number of carbonyl (C=O) groups is 2. The van der Waals surface area contributed by atoms with Crippen molar-refractivity contribution in [1.82, 2.24) is 5.32 Å². The van der Waals surface area contributed by atoms with E-state index in [0.717, 1.165) is 0 Å². The number of rotatable bonds is 3. The molecule has 2 amide bonds. The highest BCUT2D eigenvalue weighted by molar-refractivity contribution is 9.10. The van der Waals surface area contributed by atoms with Crippen LogP contribution >= 0.6 is 15.9 Å². The minimum atomic E-state index is -0.890. The Morgan fingerprint density at radius 1 is 1.35 bits per heavy atom. The summed E-state index contributed by atoms with van der Waals surface area (Å²) in [6.45, 7) is 3.63. The number of anilines is 1. The Bertz CT molecular complexity index is 558. The van der Waals surface area contributed by atoms with Crippen molar-refractivity contribution in [3.63, 3.8) is 0 Å². The third-order valence-corrected chi connectivity index (χ3v) is 4.40. The maximum Gasteiger partial charge on any atom is 0.253 e. The number of halogens is 2. The zero-order chi connectivity index (χ0) is 14.9. The third-order valence-electron chi connectivity index (χ3n) is 3.76. The predicted molar refractivity (Wildman–Crippen MR) is 77.9 cm³/mol. The molecule has 20 heavy (non-hydrogen) atoms. The van der Waals surface area contributed by atoms with Crippen molar-refractivity contribution in [3.8, 4) is 0 Å². The maximum absolute atomic E-state index is 13.6. The molecule has 4 nitrogen and oxygen atoms in total. The third kappa shape index (κ3) is 2.44. The van der Waals surface area contributed by atoms with Gasteiger partial charge in [0.05, 0.1) is 4.47 Å². The summed E-state index contributed by atoms with van der Waals surface area (Å²) >= 11 is 3.07. The number of carbonyl (C=O) groups excluding carboxylic acids is 2. The van der Waals surface area contributed by atoms with Gasteiger partial charge in [0.2, 0.25) is 5.91 Å². The molecule has 1 heterocycles. The van der Waals surface area contributed by atoms with Crippen molar-refractivity contribution >= 4 is 33.4 Å². The molecule has 0 saturated carbocycles. The van der Waals surface area contributed by atoms with E-state index in [0.29, 0.717) is 23.0 Å². The molecule has 0 aliphatic carbocycles. The Kier molecular flexibility index (Phi) is 4.13. The number of piperazine rings is 1. The number of amides is 2. The molecule has 0 bridgehead atoms. The van der Waals surface area contributed by atoms with E-state index in [4.69, 9.17) is 0 Å². The number of hydrogen-bond acceptors (Lipinski definition) is 2. The Labute approximate surface area is 125 Å². The molecule has 0 radical (unpaired) electrons. The average molecular weight is 343 g/mol. The van der Waals surface area contributed by atoms with E-state index >= 15 is 0 Å². The van der Waals surface area contributed by atoms with Gasteiger partial charge < -0.3 is 10.2 Å². The molecule has 0 spiro atoms. The Morgan fingerprint density at radius 2 is 2.00 bits per heavy atom. The second-order valence-corrected chi connectivity index (χ2v) is 5.68. The minimum Gasteiger partial charge on any atom is -0.340 e. The summed E-state index contributed by atoms with van der Waals surface area (Å²) in [4.78, 5) is 25.8. The van der Waals surface area contributed by atoms with Crippen LogP contribution in [0.5, 0.6) is 0 Å². The summed E-state index contributed by atoms with van der Waals surface area (Å²) in [5.74, 6) is -0.875. The van der Waals surface area contributed by atoms with Gasteiger partial charge >= 0.3 is 0 Å². The molecular formula is C14H16BrFN2O2. The van der Waals surface area contributed by atoms with Crippen LogP contribution in [0.2, 0.25) is 0 Å². The van der Waals surface area contributed by atoms with Gasteiger partial charge in [0.15, 0.2) is 0 Å². The van der Waals surface area contributed by atoms with Crippen LogP contribution in [0.1, 0.15) is 26.7 Å². The first kappa shape index (κ1) is 15.0. The van der Waals surface area contributed by atoms with Crippen LogP contribution in [0.25, 0.3) is 0 Å². The Balaban J connectivity index is 2.42. The van der Waals surface area contributed by atoms with Gasteiger partial charge in [0, 0.05) is 5.69 Å². The lowest BCUT2D eigenvalue weighted by atomic mass is 9.88. The molecule has 1 aliphatic rings. The summed E-state index contributed by atoms with van der Waals surface area (Å²) in [6, 6.07) is 4.42. The lowest BCUT2D eigenvalue weighted by molar-refractivity contribution is -0.136. The zero-order valence-electron chi connectivity index (χ0n) is 11.4. The highest BCUT2D eigenvalue weighted by atomic mass is 79.9. The van der Waals surface area contributed by atoms with E-state index in [1.165, 1.54) is 17.0 Å². The van der Waals surface area contributed by atoms with Crippen LogP contribution in [-0.4, -0.2) is 23.9 Å². The lowest BCUT2D eigenvalue weighted by Gasteiger charge is -2.41. The lowest BCUT2D eigenvalue weighted by Crippen LogP contribution is -2.66. The van der Waals surface area contributed by atoms with Gasteiger partial charge in [-0.3, -0.25) is 9.59 Å². The van der Waals surface area contributed by atoms with Crippen LogP contribution in [0.15, 0.2) is 22.7 Å². The fraction of sp³-hybridized carbons (Fsp3) is 0.429. The first-order valence-corrected chi connectivity index (χ1v) is 7.31.